The van der Waals surface area contributed by atoms with Crippen LogP contribution in [0, 0.1) is 0 Å². The first-order chi connectivity index (χ1) is 14.0. The van der Waals surface area contributed by atoms with Crippen molar-refractivity contribution in [3.05, 3.63) is 35.7 Å². The van der Waals surface area contributed by atoms with Gasteiger partial charge in [-0.3, -0.25) is 4.79 Å². The van der Waals surface area contributed by atoms with Crippen molar-refractivity contribution in [2.75, 3.05) is 17.6 Å². The van der Waals surface area contributed by atoms with Gasteiger partial charge in [0.1, 0.15) is 11.4 Å². The molecule has 10 nitrogen and oxygen atoms in total. The van der Waals surface area contributed by atoms with Gasteiger partial charge in [0.15, 0.2) is 0 Å². The molecule has 0 radical (unpaired) electrons. The van der Waals surface area contributed by atoms with Gasteiger partial charge in [-0.25, -0.2) is 13.2 Å². The largest absolute Gasteiger partial charge is 0.444 e. The van der Waals surface area contributed by atoms with E-state index in [9.17, 15) is 18.0 Å². The number of benzene rings is 1. The van der Waals surface area contributed by atoms with Crippen molar-refractivity contribution < 1.29 is 27.2 Å². The number of carbonyl (C=O) groups excluding carboxylic acids is 2. The molecule has 0 fully saturated rings. The number of nitrogens with zero attached hydrogens (tertiary/aromatic N) is 2. The summed E-state index contributed by atoms with van der Waals surface area (Å²) in [7, 11) is -4.11. The second-order valence-electron chi connectivity index (χ2n) is 7.46. The molecule has 2 amide bonds. The molecule has 30 heavy (non-hydrogen) atoms. The number of ether oxygens (including phenoxy) is 1. The molecule has 0 aliphatic heterocycles. The Labute approximate surface area is 175 Å². The minimum Gasteiger partial charge on any atom is -0.444 e. The lowest BCUT2D eigenvalue weighted by molar-refractivity contribution is -0.113. The maximum absolute atomic E-state index is 12.4. The van der Waals surface area contributed by atoms with Gasteiger partial charge >= 0.3 is 11.3 Å². The first-order valence-corrected chi connectivity index (χ1v) is 11.0. The van der Waals surface area contributed by atoms with E-state index >= 15 is 0 Å². The second-order valence-corrected chi connectivity index (χ2v) is 9.33. The third kappa shape index (κ3) is 7.14. The molecule has 2 aromatic rings. The molecule has 0 saturated heterocycles. The van der Waals surface area contributed by atoms with E-state index in [0.29, 0.717) is 12.1 Å². The lowest BCUT2D eigenvalue weighted by Crippen LogP contribution is -2.33. The lowest BCUT2D eigenvalue weighted by Gasteiger charge is -2.19. The zero-order valence-electron chi connectivity index (χ0n) is 17.4. The van der Waals surface area contributed by atoms with Crippen molar-refractivity contribution in [3.8, 4) is 0 Å². The van der Waals surface area contributed by atoms with E-state index in [0.717, 1.165) is 5.56 Å². The fourth-order valence-electron chi connectivity index (χ4n) is 2.42. The number of nitrogens with one attached hydrogen (secondary N) is 2. The Hall–Kier alpha value is -2.95. The fraction of sp³-hybridized carbons (Fsp3) is 0.474. The van der Waals surface area contributed by atoms with Crippen LogP contribution in [0.2, 0.25) is 0 Å². The van der Waals surface area contributed by atoms with E-state index in [2.05, 4.69) is 20.8 Å². The summed E-state index contributed by atoms with van der Waals surface area (Å²) in [5.41, 5.74) is 0.814. The molecule has 0 aliphatic rings. The van der Waals surface area contributed by atoms with E-state index < -0.39 is 38.4 Å². The molecule has 1 heterocycles. The van der Waals surface area contributed by atoms with Crippen molar-refractivity contribution in [2.24, 2.45) is 0 Å². The molecule has 0 aliphatic carbocycles. The molecule has 0 bridgehead atoms. The first kappa shape index (κ1) is 23.3. The molecular formula is C19H26N4O6S. The Kier molecular flexibility index (Phi) is 7.54. The Morgan fingerprint density at radius 2 is 1.87 bits per heavy atom. The number of aryl methyl sites for hydroxylation is 1. The van der Waals surface area contributed by atoms with E-state index in [-0.39, 0.29) is 18.9 Å². The summed E-state index contributed by atoms with van der Waals surface area (Å²) in [6, 6.07) is 7.13. The summed E-state index contributed by atoms with van der Waals surface area (Å²) in [5.74, 6) is -1.52. The second kappa shape index (κ2) is 9.70. The summed E-state index contributed by atoms with van der Waals surface area (Å²) >= 11 is 0. The summed E-state index contributed by atoms with van der Waals surface area (Å²) in [5, 5.41) is 11.6. The van der Waals surface area contributed by atoms with Gasteiger partial charge in [-0.2, -0.15) is 0 Å². The number of carbonyl (C=O) groups is 2. The Balaban J connectivity index is 1.92. The number of alkyl carbamates (subject to hydrolysis) is 1. The fourth-order valence-corrected chi connectivity index (χ4v) is 3.35. The Bertz CT molecular complexity index is 994. The predicted octanol–water partition coefficient (Wildman–Crippen LogP) is 2.11. The lowest BCUT2D eigenvalue weighted by atomic mass is 10.1. The minimum absolute atomic E-state index is 0.0152. The highest BCUT2D eigenvalue weighted by molar-refractivity contribution is 7.91. The van der Waals surface area contributed by atoms with Crippen molar-refractivity contribution in [3.63, 3.8) is 0 Å². The van der Waals surface area contributed by atoms with Crippen LogP contribution >= 0.6 is 0 Å². The topological polar surface area (TPSA) is 140 Å². The molecule has 1 aromatic carbocycles. The number of rotatable bonds is 8. The molecule has 2 rings (SSSR count). The van der Waals surface area contributed by atoms with Crippen molar-refractivity contribution in [2.45, 2.75) is 51.4 Å². The van der Waals surface area contributed by atoms with Crippen molar-refractivity contribution in [1.29, 1.82) is 0 Å². The maximum atomic E-state index is 12.4. The van der Waals surface area contributed by atoms with Crippen LogP contribution in [-0.4, -0.2) is 48.5 Å². The third-order valence-electron chi connectivity index (χ3n) is 3.71. The van der Waals surface area contributed by atoms with Crippen LogP contribution in [-0.2, 0) is 32.2 Å². The Morgan fingerprint density at radius 1 is 1.17 bits per heavy atom. The standard InChI is InChI=1S/C19H26N4O6S/c1-5-13-8-6-7-9-14(13)21-15(24)12-30(26,27)18-23-22-16(28-18)10-11-20-17(25)29-19(2,3)4/h6-9H,5,10-12H2,1-4H3,(H,20,25)(H,21,24). The average Bonchev–Trinajstić information content (AvgIpc) is 3.10. The number of aromatic nitrogens is 2. The molecular weight excluding hydrogens is 412 g/mol. The summed E-state index contributed by atoms with van der Waals surface area (Å²) in [6.45, 7) is 7.25. The van der Waals surface area contributed by atoms with Crippen LogP contribution in [0.25, 0.3) is 0 Å². The van der Waals surface area contributed by atoms with Gasteiger partial charge in [0.2, 0.25) is 21.6 Å². The predicted molar refractivity (Wildman–Crippen MR) is 109 cm³/mol. The molecule has 11 heteroatoms. The molecule has 1 aromatic heterocycles. The molecule has 0 unspecified atom stereocenters. The van der Waals surface area contributed by atoms with Crippen LogP contribution < -0.4 is 10.6 Å². The molecule has 0 spiro atoms. The van der Waals surface area contributed by atoms with Gasteiger partial charge in [0.05, 0.1) is 0 Å². The van der Waals surface area contributed by atoms with Gasteiger partial charge in [0.25, 0.3) is 0 Å². The number of hydrogen-bond acceptors (Lipinski definition) is 8. The van der Waals surface area contributed by atoms with Crippen LogP contribution in [0.15, 0.2) is 33.9 Å². The van der Waals surface area contributed by atoms with Crippen LogP contribution in [0.1, 0.15) is 39.1 Å². The van der Waals surface area contributed by atoms with E-state index in [1.54, 1.807) is 32.9 Å². The SMILES string of the molecule is CCc1ccccc1NC(=O)CS(=O)(=O)c1nnc(CCNC(=O)OC(C)(C)C)o1. The summed E-state index contributed by atoms with van der Waals surface area (Å²) in [4.78, 5) is 23.8. The summed E-state index contributed by atoms with van der Waals surface area (Å²) < 4.78 is 35.0. The van der Waals surface area contributed by atoms with E-state index in [4.69, 9.17) is 9.15 Å². The number of amides is 2. The number of para-hydroxylation sites is 1. The smallest absolute Gasteiger partial charge is 0.407 e. The Morgan fingerprint density at radius 3 is 2.53 bits per heavy atom. The zero-order valence-corrected chi connectivity index (χ0v) is 18.2. The average molecular weight is 439 g/mol. The van der Waals surface area contributed by atoms with E-state index in [1.807, 2.05) is 19.1 Å². The number of anilines is 1. The highest BCUT2D eigenvalue weighted by atomic mass is 32.2. The molecule has 0 saturated carbocycles. The van der Waals surface area contributed by atoms with Gasteiger partial charge < -0.3 is 19.8 Å². The molecule has 164 valence electrons. The zero-order chi connectivity index (χ0) is 22.4. The van der Waals surface area contributed by atoms with Crippen molar-refractivity contribution >= 4 is 27.5 Å². The summed E-state index contributed by atoms with van der Waals surface area (Å²) in [6.07, 6.45) is 0.185. The number of sulfone groups is 1. The normalized spacial score (nSPS) is 11.7. The van der Waals surface area contributed by atoms with Crippen LogP contribution in [0.4, 0.5) is 10.5 Å². The van der Waals surface area contributed by atoms with Gasteiger partial charge in [-0.15, -0.1) is 5.10 Å². The van der Waals surface area contributed by atoms with Crippen LogP contribution in [0.5, 0.6) is 0 Å². The minimum atomic E-state index is -4.11. The highest BCUT2D eigenvalue weighted by Crippen LogP contribution is 2.16. The van der Waals surface area contributed by atoms with E-state index in [1.165, 1.54) is 0 Å². The van der Waals surface area contributed by atoms with Gasteiger partial charge in [0, 0.05) is 18.7 Å². The third-order valence-corrected chi connectivity index (χ3v) is 5.05. The van der Waals surface area contributed by atoms with Gasteiger partial charge in [-0.1, -0.05) is 30.2 Å². The number of hydrogen-bond donors (Lipinski definition) is 2. The van der Waals surface area contributed by atoms with Gasteiger partial charge in [-0.05, 0) is 38.8 Å². The maximum Gasteiger partial charge on any atom is 0.407 e. The quantitative estimate of drug-likeness (QED) is 0.638. The van der Waals surface area contributed by atoms with Crippen LogP contribution in [0.3, 0.4) is 0 Å². The first-order valence-electron chi connectivity index (χ1n) is 9.40. The molecule has 2 N–H and O–H groups in total. The van der Waals surface area contributed by atoms with Crippen molar-refractivity contribution in [1.82, 2.24) is 15.5 Å². The highest BCUT2D eigenvalue weighted by Gasteiger charge is 2.26. The monoisotopic (exact) mass is 438 g/mol. The molecule has 0 atom stereocenters.